The van der Waals surface area contributed by atoms with Gasteiger partial charge in [0.05, 0.1) is 0 Å². The topological polar surface area (TPSA) is 12.9 Å². The third kappa shape index (κ3) is 5.32. The number of benzene rings is 1. The maximum absolute atomic E-state index is 4.40. The summed E-state index contributed by atoms with van der Waals surface area (Å²) in [6, 6.07) is 8.20. The standard InChI is InChI=1S/C7H5NS2.C6H15P.Au/c9-7-8-5-3-1-2-4-6(5)10-7;1-4-7(5-2)6-3;/h1-4H,(H,8,9);4-6H2,1-3H3;/q;;+1/p-1. The first-order chi connectivity index (χ1) is 8.74. The van der Waals surface area contributed by atoms with Gasteiger partial charge in [-0.3, -0.25) is 0 Å². The van der Waals surface area contributed by atoms with Crippen LogP contribution in [0.15, 0.2) is 28.6 Å². The molecule has 0 atom stereocenters. The molecule has 0 spiro atoms. The van der Waals surface area contributed by atoms with Crippen LogP contribution in [0.5, 0.6) is 0 Å². The molecular weight excluding hydrogens is 462 g/mol. The predicted octanol–water partition coefficient (Wildman–Crippen LogP) is 5.38. The zero-order chi connectivity index (χ0) is 13.4. The SMILES string of the molecule is CCP(CC)CC.[Au][S]c1nc2ccccc2s1. The molecule has 1 aromatic heterocycles. The van der Waals surface area contributed by atoms with Gasteiger partial charge in [0.25, 0.3) is 0 Å². The number of para-hydroxylation sites is 1. The van der Waals surface area contributed by atoms with Crippen molar-refractivity contribution in [3.8, 4) is 0 Å². The van der Waals surface area contributed by atoms with Crippen LogP contribution in [0.2, 0.25) is 0 Å². The first kappa shape index (κ1) is 16.7. The maximum atomic E-state index is 4.40. The van der Waals surface area contributed by atoms with Crippen LogP contribution in [-0.4, -0.2) is 23.5 Å². The number of hydrogen-bond donors (Lipinski definition) is 0. The van der Waals surface area contributed by atoms with E-state index >= 15 is 0 Å². The van der Waals surface area contributed by atoms with E-state index in [9.17, 15) is 0 Å². The van der Waals surface area contributed by atoms with Gasteiger partial charge in [-0.1, -0.05) is 20.8 Å². The molecule has 0 unspecified atom stereocenters. The molecule has 0 aliphatic carbocycles. The number of nitrogens with zero attached hydrogens (tertiary/aromatic N) is 1. The fourth-order valence-corrected chi connectivity index (χ4v) is 5.19. The Hall–Kier alpha value is 0.630. The van der Waals surface area contributed by atoms with Crippen LogP contribution in [0.3, 0.4) is 0 Å². The summed E-state index contributed by atoms with van der Waals surface area (Å²) in [7, 11) is 2.09. The molecule has 1 heterocycles. The molecular formula is C13H19AuNPS2. The molecule has 1 aromatic carbocycles. The third-order valence-corrected chi connectivity index (χ3v) is 9.00. The van der Waals surface area contributed by atoms with Crippen LogP contribution < -0.4 is 0 Å². The Morgan fingerprint density at radius 1 is 1.17 bits per heavy atom. The molecule has 0 saturated carbocycles. The summed E-state index contributed by atoms with van der Waals surface area (Å²) in [6.07, 6.45) is 4.26. The van der Waals surface area contributed by atoms with Gasteiger partial charge in [-0.2, -0.15) is 0 Å². The van der Waals surface area contributed by atoms with Crippen LogP contribution >= 0.6 is 28.5 Å². The van der Waals surface area contributed by atoms with Crippen molar-refractivity contribution in [3.63, 3.8) is 0 Å². The van der Waals surface area contributed by atoms with Gasteiger partial charge in [-0.15, -0.1) is 7.92 Å². The van der Waals surface area contributed by atoms with E-state index in [1.54, 1.807) is 20.6 Å². The van der Waals surface area contributed by atoms with Gasteiger partial charge in [-0.25, -0.2) is 0 Å². The van der Waals surface area contributed by atoms with Crippen LogP contribution in [0.4, 0.5) is 0 Å². The van der Waals surface area contributed by atoms with Crippen molar-refractivity contribution in [2.24, 2.45) is 0 Å². The van der Waals surface area contributed by atoms with Gasteiger partial charge >= 0.3 is 84.1 Å². The van der Waals surface area contributed by atoms with Gasteiger partial charge in [-0.05, 0) is 18.5 Å². The van der Waals surface area contributed by atoms with Gasteiger partial charge in [0.1, 0.15) is 0 Å². The molecule has 18 heavy (non-hydrogen) atoms. The van der Waals surface area contributed by atoms with Crippen molar-refractivity contribution in [2.75, 3.05) is 18.5 Å². The van der Waals surface area contributed by atoms with E-state index in [0.29, 0.717) is 7.92 Å². The van der Waals surface area contributed by atoms with Crippen molar-refractivity contribution in [1.29, 1.82) is 0 Å². The third-order valence-electron chi connectivity index (χ3n) is 2.67. The molecule has 0 fully saturated rings. The molecule has 2 aromatic rings. The van der Waals surface area contributed by atoms with Crippen LogP contribution in [0.25, 0.3) is 10.2 Å². The minimum atomic E-state index is 0.446. The van der Waals surface area contributed by atoms with Crippen molar-refractivity contribution in [3.05, 3.63) is 24.3 Å². The average molecular weight is 481 g/mol. The Labute approximate surface area is 130 Å². The zero-order valence-corrected chi connectivity index (χ0v) is 15.6. The summed E-state index contributed by atoms with van der Waals surface area (Å²) < 4.78 is 2.39. The zero-order valence-electron chi connectivity index (χ0n) is 10.9. The number of thiazole rings is 1. The summed E-state index contributed by atoms with van der Waals surface area (Å²) in [4.78, 5) is 4.40. The van der Waals surface area contributed by atoms with Crippen LogP contribution in [0, 0.1) is 0 Å². The van der Waals surface area contributed by atoms with Crippen LogP contribution in [-0.2, 0) is 19.7 Å². The molecule has 1 nitrogen and oxygen atoms in total. The molecule has 0 bridgehead atoms. The molecule has 0 saturated heterocycles. The van der Waals surface area contributed by atoms with E-state index in [1.165, 1.54) is 23.2 Å². The summed E-state index contributed by atoms with van der Waals surface area (Å²) in [6.45, 7) is 6.87. The number of rotatable bonds is 4. The van der Waals surface area contributed by atoms with E-state index in [0.717, 1.165) is 9.86 Å². The van der Waals surface area contributed by atoms with Crippen molar-refractivity contribution in [1.82, 2.24) is 4.98 Å². The monoisotopic (exact) mass is 481 g/mol. The van der Waals surface area contributed by atoms with Gasteiger partial charge in [0.15, 0.2) is 0 Å². The summed E-state index contributed by atoms with van der Waals surface area (Å²) in [5, 5.41) is 0. The first-order valence-corrected chi connectivity index (χ1v) is 12.1. The molecule has 0 aliphatic heterocycles. The van der Waals surface area contributed by atoms with E-state index < -0.39 is 0 Å². The Bertz CT molecular complexity index is 418. The number of aromatic nitrogens is 1. The molecule has 0 aliphatic rings. The van der Waals surface area contributed by atoms with Crippen molar-refractivity contribution in [2.45, 2.75) is 25.1 Å². The quantitative estimate of drug-likeness (QED) is 0.430. The van der Waals surface area contributed by atoms with Gasteiger partial charge < -0.3 is 0 Å². The fraction of sp³-hybridized carbons (Fsp3) is 0.462. The Balaban J connectivity index is 0.000000203. The molecule has 104 valence electrons. The number of fused-ring (bicyclic) bond motifs is 1. The summed E-state index contributed by atoms with van der Waals surface area (Å²) in [5.41, 5.74) is 1.10. The Kier molecular flexibility index (Phi) is 8.82. The second-order valence-electron chi connectivity index (χ2n) is 3.63. The number of hydrogen-bond acceptors (Lipinski definition) is 3. The summed E-state index contributed by atoms with van der Waals surface area (Å²) in [5.74, 6) is 0. The predicted molar refractivity (Wildman–Crippen MR) is 84.0 cm³/mol. The second-order valence-corrected chi connectivity index (χ2v) is 9.99. The Morgan fingerprint density at radius 2 is 1.78 bits per heavy atom. The van der Waals surface area contributed by atoms with E-state index in [4.69, 9.17) is 0 Å². The van der Waals surface area contributed by atoms with Gasteiger partial charge in [0.2, 0.25) is 0 Å². The Morgan fingerprint density at radius 3 is 2.22 bits per heavy atom. The van der Waals surface area contributed by atoms with Crippen molar-refractivity contribution < 1.29 is 19.7 Å². The van der Waals surface area contributed by atoms with E-state index in [2.05, 4.69) is 51.6 Å². The second kappa shape index (κ2) is 9.52. The van der Waals surface area contributed by atoms with Gasteiger partial charge in [0, 0.05) is 0 Å². The normalized spacial score (nSPS) is 10.6. The average Bonchev–Trinajstić information content (AvgIpc) is 2.84. The molecule has 0 N–H and O–H groups in total. The van der Waals surface area contributed by atoms with Crippen LogP contribution in [0.1, 0.15) is 20.8 Å². The minimum absolute atomic E-state index is 0.446. The molecule has 2 rings (SSSR count). The summed E-state index contributed by atoms with van der Waals surface area (Å²) >= 11 is 4.16. The first-order valence-electron chi connectivity index (χ1n) is 6.08. The fourth-order valence-electron chi connectivity index (χ4n) is 1.55. The molecule has 5 heteroatoms. The van der Waals surface area contributed by atoms with E-state index in [-0.39, 0.29) is 0 Å². The van der Waals surface area contributed by atoms with Crippen molar-refractivity contribution >= 4 is 38.7 Å². The molecule has 0 radical (unpaired) electrons. The van der Waals surface area contributed by atoms with E-state index in [1.807, 2.05) is 18.2 Å². The molecule has 0 amide bonds.